The number of imide groups is 1. The molecule has 0 saturated carbocycles. The molecule has 1 atom stereocenters. The standard InChI is InChI=1S/C22H20N2O7S/c1-3-30-21(26)14(2)23-20(25)19(32-22(23)27)12-16-8-4-5-10-18(16)31-13-15-7-6-9-17(11-15)24(28)29/h4-12,14H,3,13H2,1-2H3/b19-12-/t14-/m0/s1. The van der Waals surface area contributed by atoms with Crippen molar-refractivity contribution in [2.45, 2.75) is 26.5 Å². The van der Waals surface area contributed by atoms with Gasteiger partial charge in [-0.3, -0.25) is 24.6 Å². The van der Waals surface area contributed by atoms with Gasteiger partial charge in [0.2, 0.25) is 0 Å². The fraction of sp³-hybridized carbons (Fsp3) is 0.227. The zero-order chi connectivity index (χ0) is 23.3. The summed E-state index contributed by atoms with van der Waals surface area (Å²) < 4.78 is 10.7. The number of para-hydroxylation sites is 1. The van der Waals surface area contributed by atoms with Crippen LogP contribution in [0.3, 0.4) is 0 Å². The number of ether oxygens (including phenoxy) is 2. The lowest BCUT2D eigenvalue weighted by atomic mass is 10.1. The van der Waals surface area contributed by atoms with E-state index in [4.69, 9.17) is 9.47 Å². The van der Waals surface area contributed by atoms with Gasteiger partial charge >= 0.3 is 5.97 Å². The summed E-state index contributed by atoms with van der Waals surface area (Å²) in [7, 11) is 0. The van der Waals surface area contributed by atoms with Gasteiger partial charge in [0.25, 0.3) is 16.8 Å². The summed E-state index contributed by atoms with van der Waals surface area (Å²) in [5, 5.41) is 10.4. The first-order valence-corrected chi connectivity index (χ1v) is 10.5. The van der Waals surface area contributed by atoms with Crippen molar-refractivity contribution in [3.05, 3.63) is 74.7 Å². The molecule has 9 nitrogen and oxygen atoms in total. The van der Waals surface area contributed by atoms with Crippen LogP contribution < -0.4 is 4.74 Å². The number of nitro groups is 1. The number of non-ortho nitro benzene ring substituents is 1. The van der Waals surface area contributed by atoms with Crippen molar-refractivity contribution in [3.63, 3.8) is 0 Å². The van der Waals surface area contributed by atoms with Crippen LogP contribution in [0.15, 0.2) is 53.4 Å². The monoisotopic (exact) mass is 456 g/mol. The van der Waals surface area contributed by atoms with Gasteiger partial charge in [-0.1, -0.05) is 30.3 Å². The van der Waals surface area contributed by atoms with Crippen LogP contribution in [0.1, 0.15) is 25.0 Å². The van der Waals surface area contributed by atoms with E-state index in [1.807, 2.05) is 0 Å². The maximum Gasteiger partial charge on any atom is 0.329 e. The number of nitro benzene ring substituents is 1. The summed E-state index contributed by atoms with van der Waals surface area (Å²) in [6.07, 6.45) is 1.52. The van der Waals surface area contributed by atoms with E-state index in [2.05, 4.69) is 0 Å². The molecule has 166 valence electrons. The summed E-state index contributed by atoms with van der Waals surface area (Å²) in [6, 6.07) is 12.0. The Balaban J connectivity index is 1.79. The predicted octanol–water partition coefficient (Wildman–Crippen LogP) is 4.16. The van der Waals surface area contributed by atoms with Crippen molar-refractivity contribution < 1.29 is 28.8 Å². The minimum Gasteiger partial charge on any atom is -0.488 e. The van der Waals surface area contributed by atoms with E-state index >= 15 is 0 Å². The number of carbonyl (C=O) groups is 3. The van der Waals surface area contributed by atoms with E-state index in [9.17, 15) is 24.5 Å². The minimum atomic E-state index is -1.03. The molecule has 2 aromatic carbocycles. The maximum atomic E-state index is 12.8. The number of esters is 1. The first-order valence-electron chi connectivity index (χ1n) is 9.70. The van der Waals surface area contributed by atoms with Gasteiger partial charge in [-0.15, -0.1) is 0 Å². The van der Waals surface area contributed by atoms with Gasteiger partial charge in [0.05, 0.1) is 16.4 Å². The fourth-order valence-electron chi connectivity index (χ4n) is 2.98. The Morgan fingerprint density at radius 1 is 1.22 bits per heavy atom. The molecule has 0 radical (unpaired) electrons. The van der Waals surface area contributed by atoms with Gasteiger partial charge in [-0.25, -0.2) is 4.79 Å². The van der Waals surface area contributed by atoms with Crippen LogP contribution in [0.25, 0.3) is 6.08 Å². The molecule has 1 saturated heterocycles. The molecule has 2 aromatic rings. The Hall–Kier alpha value is -3.66. The summed E-state index contributed by atoms with van der Waals surface area (Å²) in [5.74, 6) is -0.810. The van der Waals surface area contributed by atoms with Gasteiger partial charge in [0.1, 0.15) is 18.4 Å². The molecule has 0 unspecified atom stereocenters. The van der Waals surface area contributed by atoms with Gasteiger partial charge < -0.3 is 9.47 Å². The van der Waals surface area contributed by atoms with Crippen molar-refractivity contribution in [1.82, 2.24) is 4.90 Å². The van der Waals surface area contributed by atoms with Crippen molar-refractivity contribution >= 4 is 40.6 Å². The number of carbonyl (C=O) groups excluding carboxylic acids is 3. The minimum absolute atomic E-state index is 0.0382. The van der Waals surface area contributed by atoms with E-state index in [-0.39, 0.29) is 23.8 Å². The van der Waals surface area contributed by atoms with E-state index in [0.29, 0.717) is 16.9 Å². The van der Waals surface area contributed by atoms with Gasteiger partial charge in [0, 0.05) is 17.7 Å². The van der Waals surface area contributed by atoms with Crippen molar-refractivity contribution in [3.8, 4) is 5.75 Å². The van der Waals surface area contributed by atoms with Crippen molar-refractivity contribution in [2.24, 2.45) is 0 Å². The van der Waals surface area contributed by atoms with Gasteiger partial charge in [0.15, 0.2) is 0 Å². The van der Waals surface area contributed by atoms with E-state index in [0.717, 1.165) is 16.7 Å². The third kappa shape index (κ3) is 5.14. The number of hydrogen-bond donors (Lipinski definition) is 0. The normalized spacial score (nSPS) is 15.7. The molecule has 0 aromatic heterocycles. The fourth-order valence-corrected chi connectivity index (χ4v) is 3.87. The maximum absolute atomic E-state index is 12.8. The van der Waals surface area contributed by atoms with Crippen LogP contribution in [-0.4, -0.2) is 39.6 Å². The lowest BCUT2D eigenvalue weighted by Gasteiger charge is -2.19. The number of rotatable bonds is 8. The second-order valence-corrected chi connectivity index (χ2v) is 7.73. The molecule has 1 aliphatic rings. The largest absolute Gasteiger partial charge is 0.488 e. The molecular weight excluding hydrogens is 436 g/mol. The smallest absolute Gasteiger partial charge is 0.329 e. The summed E-state index contributed by atoms with van der Waals surface area (Å²) in [6.45, 7) is 3.30. The Kier molecular flexibility index (Phi) is 7.26. The number of amides is 2. The number of hydrogen-bond acceptors (Lipinski definition) is 8. The average molecular weight is 456 g/mol. The topological polar surface area (TPSA) is 116 Å². The van der Waals surface area contributed by atoms with Crippen molar-refractivity contribution in [2.75, 3.05) is 6.61 Å². The second-order valence-electron chi connectivity index (χ2n) is 6.73. The third-order valence-corrected chi connectivity index (χ3v) is 5.44. The lowest BCUT2D eigenvalue weighted by Crippen LogP contribution is -2.42. The van der Waals surface area contributed by atoms with E-state index in [1.54, 1.807) is 43.3 Å². The summed E-state index contributed by atoms with van der Waals surface area (Å²) >= 11 is 0.729. The highest BCUT2D eigenvalue weighted by Gasteiger charge is 2.41. The van der Waals surface area contributed by atoms with Crippen LogP contribution >= 0.6 is 11.8 Å². The van der Waals surface area contributed by atoms with Crippen LogP contribution in [0.2, 0.25) is 0 Å². The number of thioether (sulfide) groups is 1. The first-order chi connectivity index (χ1) is 15.3. The molecule has 1 fully saturated rings. The molecule has 32 heavy (non-hydrogen) atoms. The predicted molar refractivity (Wildman–Crippen MR) is 118 cm³/mol. The Bertz CT molecular complexity index is 1100. The highest BCUT2D eigenvalue weighted by Crippen LogP contribution is 2.35. The molecule has 10 heteroatoms. The second kappa shape index (κ2) is 10.1. The summed E-state index contributed by atoms with van der Waals surface area (Å²) in [5.41, 5.74) is 1.12. The molecule has 1 heterocycles. The average Bonchev–Trinajstić information content (AvgIpc) is 3.05. The Morgan fingerprint density at radius 3 is 2.69 bits per heavy atom. The molecule has 3 rings (SSSR count). The first kappa shape index (κ1) is 23.0. The highest BCUT2D eigenvalue weighted by molar-refractivity contribution is 8.18. The highest BCUT2D eigenvalue weighted by atomic mass is 32.2. The molecule has 0 N–H and O–H groups in total. The van der Waals surface area contributed by atoms with E-state index in [1.165, 1.54) is 25.1 Å². The van der Waals surface area contributed by atoms with E-state index < -0.39 is 28.1 Å². The van der Waals surface area contributed by atoms with Gasteiger partial charge in [-0.2, -0.15) is 0 Å². The van der Waals surface area contributed by atoms with Crippen molar-refractivity contribution in [1.29, 1.82) is 0 Å². The lowest BCUT2D eigenvalue weighted by molar-refractivity contribution is -0.384. The number of nitrogens with zero attached hydrogens (tertiary/aromatic N) is 2. The summed E-state index contributed by atoms with van der Waals surface area (Å²) in [4.78, 5) is 48.6. The zero-order valence-electron chi connectivity index (χ0n) is 17.3. The van der Waals surface area contributed by atoms with Crippen LogP contribution in [0.4, 0.5) is 10.5 Å². The van der Waals surface area contributed by atoms with Crippen LogP contribution in [-0.2, 0) is 20.9 Å². The quantitative estimate of drug-likeness (QED) is 0.252. The molecule has 0 aliphatic carbocycles. The third-order valence-electron chi connectivity index (χ3n) is 4.56. The Morgan fingerprint density at radius 2 is 1.97 bits per heavy atom. The zero-order valence-corrected chi connectivity index (χ0v) is 18.2. The van der Waals surface area contributed by atoms with Crippen LogP contribution in [0.5, 0.6) is 5.75 Å². The molecular formula is C22H20N2O7S. The van der Waals surface area contributed by atoms with Crippen LogP contribution in [0, 0.1) is 10.1 Å². The molecule has 1 aliphatic heterocycles. The molecule has 2 amide bonds. The van der Waals surface area contributed by atoms with Gasteiger partial charge in [-0.05, 0) is 43.3 Å². The molecule has 0 spiro atoms. The molecule has 0 bridgehead atoms. The Labute approximate surface area is 188 Å². The SMILES string of the molecule is CCOC(=O)[C@H](C)N1C(=O)S/C(=C\c2ccccc2OCc2cccc([N+](=O)[O-])c2)C1=O. The number of benzene rings is 2.